The molecule has 6 heteroatoms. The molecule has 2 rings (SSSR count). The van der Waals surface area contributed by atoms with Gasteiger partial charge in [-0.1, -0.05) is 0 Å². The van der Waals surface area contributed by atoms with E-state index in [2.05, 4.69) is 24.4 Å². The molecule has 1 aromatic carbocycles. The number of aliphatic hydroxyl groups excluding tert-OH is 1. The molecule has 1 atom stereocenters. The van der Waals surface area contributed by atoms with Crippen molar-refractivity contribution in [2.24, 2.45) is 0 Å². The molecule has 2 aromatic rings. The SMILES string of the molecule is Cc1ccc(CNCC(O)c2ccc([N+](=O)[O-])cc2)s1. The lowest BCUT2D eigenvalue weighted by Gasteiger charge is -2.11. The molecule has 0 amide bonds. The normalized spacial score (nSPS) is 12.3. The molecule has 106 valence electrons. The molecule has 0 saturated heterocycles. The van der Waals surface area contributed by atoms with E-state index in [-0.39, 0.29) is 5.69 Å². The summed E-state index contributed by atoms with van der Waals surface area (Å²) < 4.78 is 0. The zero-order valence-corrected chi connectivity index (χ0v) is 11.9. The standard InChI is InChI=1S/C14H16N2O3S/c1-10-2-7-13(20-10)8-15-9-14(17)11-3-5-12(6-4-11)16(18)19/h2-7,14-15,17H,8-9H2,1H3. The van der Waals surface area contributed by atoms with Crippen molar-refractivity contribution in [2.75, 3.05) is 6.54 Å². The first-order chi connectivity index (χ1) is 9.56. The average Bonchev–Trinajstić information content (AvgIpc) is 2.84. The van der Waals surface area contributed by atoms with Gasteiger partial charge in [-0.2, -0.15) is 0 Å². The quantitative estimate of drug-likeness (QED) is 0.634. The van der Waals surface area contributed by atoms with Crippen LogP contribution in [0, 0.1) is 17.0 Å². The predicted molar refractivity (Wildman–Crippen MR) is 78.8 cm³/mol. The van der Waals surface area contributed by atoms with Crippen LogP contribution < -0.4 is 5.32 Å². The highest BCUT2D eigenvalue weighted by Gasteiger charge is 2.10. The maximum absolute atomic E-state index is 10.5. The number of nitrogens with one attached hydrogen (secondary N) is 1. The molecule has 1 heterocycles. The van der Waals surface area contributed by atoms with Crippen molar-refractivity contribution in [3.63, 3.8) is 0 Å². The molecule has 0 spiro atoms. The Hall–Kier alpha value is -1.76. The monoisotopic (exact) mass is 292 g/mol. The Labute approximate surface area is 121 Å². The highest BCUT2D eigenvalue weighted by molar-refractivity contribution is 7.11. The number of nitro groups is 1. The van der Waals surface area contributed by atoms with Gasteiger partial charge in [0.15, 0.2) is 0 Å². The van der Waals surface area contributed by atoms with Crippen molar-refractivity contribution < 1.29 is 10.0 Å². The number of hydrogen-bond acceptors (Lipinski definition) is 5. The van der Waals surface area contributed by atoms with E-state index in [0.717, 1.165) is 0 Å². The number of non-ortho nitro benzene ring substituents is 1. The van der Waals surface area contributed by atoms with Gasteiger partial charge in [0.05, 0.1) is 11.0 Å². The third kappa shape index (κ3) is 3.86. The van der Waals surface area contributed by atoms with Crippen molar-refractivity contribution in [3.05, 3.63) is 61.8 Å². The van der Waals surface area contributed by atoms with Gasteiger partial charge in [0.25, 0.3) is 5.69 Å². The molecule has 0 aliphatic carbocycles. The fraction of sp³-hybridized carbons (Fsp3) is 0.286. The number of aryl methyl sites for hydroxylation is 1. The van der Waals surface area contributed by atoms with E-state index in [4.69, 9.17) is 0 Å². The number of hydrogen-bond donors (Lipinski definition) is 2. The lowest BCUT2D eigenvalue weighted by Crippen LogP contribution is -2.20. The molecular weight excluding hydrogens is 276 g/mol. The summed E-state index contributed by atoms with van der Waals surface area (Å²) in [5, 5.41) is 23.7. The van der Waals surface area contributed by atoms with Crippen LogP contribution in [0.25, 0.3) is 0 Å². The minimum atomic E-state index is -0.670. The second-order valence-electron chi connectivity index (χ2n) is 4.51. The third-order valence-electron chi connectivity index (χ3n) is 2.92. The van der Waals surface area contributed by atoms with E-state index < -0.39 is 11.0 Å². The lowest BCUT2D eigenvalue weighted by atomic mass is 10.1. The summed E-state index contributed by atoms with van der Waals surface area (Å²) in [6, 6.07) is 10.1. The molecule has 5 nitrogen and oxygen atoms in total. The first-order valence-corrected chi connectivity index (χ1v) is 7.06. The van der Waals surface area contributed by atoms with Crippen molar-refractivity contribution in [3.8, 4) is 0 Å². The fourth-order valence-electron chi connectivity index (χ4n) is 1.85. The van der Waals surface area contributed by atoms with Gasteiger partial charge in [-0.05, 0) is 36.8 Å². The van der Waals surface area contributed by atoms with Crippen LogP contribution in [0.3, 0.4) is 0 Å². The Bertz CT molecular complexity index is 580. The molecule has 0 aliphatic rings. The zero-order chi connectivity index (χ0) is 14.5. The zero-order valence-electron chi connectivity index (χ0n) is 11.1. The Morgan fingerprint density at radius 2 is 2.00 bits per heavy atom. The van der Waals surface area contributed by atoms with Crippen LogP contribution in [-0.4, -0.2) is 16.6 Å². The summed E-state index contributed by atoms with van der Waals surface area (Å²) >= 11 is 1.72. The summed E-state index contributed by atoms with van der Waals surface area (Å²) in [4.78, 5) is 12.6. The Kier molecular flexibility index (Phi) is 4.84. The Morgan fingerprint density at radius 3 is 2.55 bits per heavy atom. The lowest BCUT2D eigenvalue weighted by molar-refractivity contribution is -0.384. The summed E-state index contributed by atoms with van der Waals surface area (Å²) in [5.74, 6) is 0. The van der Waals surface area contributed by atoms with E-state index in [9.17, 15) is 15.2 Å². The van der Waals surface area contributed by atoms with Crippen LogP contribution in [-0.2, 0) is 6.54 Å². The summed E-state index contributed by atoms with van der Waals surface area (Å²) in [7, 11) is 0. The number of nitro benzene ring substituents is 1. The molecule has 0 fully saturated rings. The van der Waals surface area contributed by atoms with E-state index >= 15 is 0 Å². The highest BCUT2D eigenvalue weighted by Crippen LogP contribution is 2.18. The van der Waals surface area contributed by atoms with Crippen LogP contribution in [0.4, 0.5) is 5.69 Å². The third-order valence-corrected chi connectivity index (χ3v) is 3.92. The summed E-state index contributed by atoms with van der Waals surface area (Å²) in [5.41, 5.74) is 0.702. The van der Waals surface area contributed by atoms with Crippen LogP contribution >= 0.6 is 11.3 Å². The number of aliphatic hydroxyl groups is 1. The van der Waals surface area contributed by atoms with Crippen molar-refractivity contribution in [2.45, 2.75) is 19.6 Å². The Balaban J connectivity index is 1.85. The van der Waals surface area contributed by atoms with E-state index in [1.165, 1.54) is 21.9 Å². The molecule has 0 saturated carbocycles. The van der Waals surface area contributed by atoms with Gasteiger partial charge in [-0.25, -0.2) is 0 Å². The van der Waals surface area contributed by atoms with Crippen LogP contribution in [0.1, 0.15) is 21.4 Å². The van der Waals surface area contributed by atoms with Crippen LogP contribution in [0.15, 0.2) is 36.4 Å². The molecule has 20 heavy (non-hydrogen) atoms. The fourth-order valence-corrected chi connectivity index (χ4v) is 2.71. The minimum absolute atomic E-state index is 0.0305. The first kappa shape index (κ1) is 14.6. The number of benzene rings is 1. The maximum atomic E-state index is 10.5. The van der Waals surface area contributed by atoms with Crippen molar-refractivity contribution in [1.29, 1.82) is 0 Å². The molecule has 1 unspecified atom stereocenters. The Morgan fingerprint density at radius 1 is 1.30 bits per heavy atom. The largest absolute Gasteiger partial charge is 0.387 e. The molecular formula is C14H16N2O3S. The number of thiophene rings is 1. The maximum Gasteiger partial charge on any atom is 0.269 e. The predicted octanol–water partition coefficient (Wildman–Crippen LogP) is 2.79. The second-order valence-corrected chi connectivity index (χ2v) is 5.88. The van der Waals surface area contributed by atoms with Gasteiger partial charge >= 0.3 is 0 Å². The van der Waals surface area contributed by atoms with Crippen molar-refractivity contribution >= 4 is 17.0 Å². The first-order valence-electron chi connectivity index (χ1n) is 6.24. The second kappa shape index (κ2) is 6.60. The van der Waals surface area contributed by atoms with Gasteiger partial charge in [0, 0.05) is 35.0 Å². The van der Waals surface area contributed by atoms with Crippen molar-refractivity contribution in [1.82, 2.24) is 5.32 Å². The number of nitrogens with zero attached hydrogens (tertiary/aromatic N) is 1. The van der Waals surface area contributed by atoms with Gasteiger partial charge in [-0.15, -0.1) is 11.3 Å². The van der Waals surface area contributed by atoms with E-state index in [1.807, 2.05) is 0 Å². The van der Waals surface area contributed by atoms with Crippen LogP contribution in [0.2, 0.25) is 0 Å². The van der Waals surface area contributed by atoms with Crippen LogP contribution in [0.5, 0.6) is 0 Å². The molecule has 0 aliphatic heterocycles. The summed E-state index contributed by atoms with van der Waals surface area (Å²) in [6.45, 7) is 3.18. The smallest absolute Gasteiger partial charge is 0.269 e. The number of rotatable bonds is 6. The molecule has 0 radical (unpaired) electrons. The van der Waals surface area contributed by atoms with Gasteiger partial charge < -0.3 is 10.4 Å². The minimum Gasteiger partial charge on any atom is -0.387 e. The van der Waals surface area contributed by atoms with E-state index in [1.54, 1.807) is 23.5 Å². The topological polar surface area (TPSA) is 75.4 Å². The molecule has 2 N–H and O–H groups in total. The van der Waals surface area contributed by atoms with Gasteiger partial charge in [0.1, 0.15) is 0 Å². The molecule has 1 aromatic heterocycles. The van der Waals surface area contributed by atoms with E-state index in [0.29, 0.717) is 18.7 Å². The van der Waals surface area contributed by atoms with Gasteiger partial charge in [0.2, 0.25) is 0 Å². The summed E-state index contributed by atoms with van der Waals surface area (Å²) in [6.07, 6.45) is -0.670. The van der Waals surface area contributed by atoms with Gasteiger partial charge in [-0.3, -0.25) is 10.1 Å². The molecule has 0 bridgehead atoms. The highest BCUT2D eigenvalue weighted by atomic mass is 32.1. The average molecular weight is 292 g/mol.